The van der Waals surface area contributed by atoms with Crippen molar-refractivity contribution in [3.63, 3.8) is 0 Å². The lowest BCUT2D eigenvalue weighted by Gasteiger charge is -2.58. The minimum absolute atomic E-state index is 0.237. The molecule has 0 amide bonds. The molecule has 7 unspecified atom stereocenters. The van der Waals surface area contributed by atoms with Crippen molar-refractivity contribution in [2.45, 2.75) is 131 Å². The highest BCUT2D eigenvalue weighted by Crippen LogP contribution is 2.64. The van der Waals surface area contributed by atoms with E-state index >= 15 is 0 Å². The molecule has 0 spiro atoms. The first-order chi connectivity index (χ1) is 13.2. The molecule has 0 saturated heterocycles. The van der Waals surface area contributed by atoms with Crippen LogP contribution in [0.1, 0.15) is 101 Å². The third-order valence-electron chi connectivity index (χ3n) is 9.40. The zero-order valence-corrected chi connectivity index (χ0v) is 22.8. The van der Waals surface area contributed by atoms with Crippen LogP contribution in [-0.4, -0.2) is 23.9 Å². The van der Waals surface area contributed by atoms with E-state index < -0.39 is 8.24 Å². The minimum atomic E-state index is -1.65. The van der Waals surface area contributed by atoms with Gasteiger partial charge in [-0.1, -0.05) is 59.5 Å². The Hall–Kier alpha value is 0.177. The van der Waals surface area contributed by atoms with E-state index in [2.05, 4.69) is 80.0 Å². The van der Waals surface area contributed by atoms with Crippen LogP contribution in [0.25, 0.3) is 0 Å². The third kappa shape index (κ3) is 4.28. The van der Waals surface area contributed by atoms with Crippen LogP contribution in [0.3, 0.4) is 0 Å². The van der Waals surface area contributed by atoms with Crippen LogP contribution in [0.4, 0.5) is 0 Å². The second kappa shape index (κ2) is 7.95. The summed E-state index contributed by atoms with van der Waals surface area (Å²) in [5.41, 5.74) is 1.42. The molecular weight excluding hydrogens is 366 g/mol. The van der Waals surface area contributed by atoms with Gasteiger partial charge in [0, 0.05) is 11.1 Å². The fourth-order valence-electron chi connectivity index (χ4n) is 9.98. The van der Waals surface area contributed by atoms with Gasteiger partial charge in [-0.3, -0.25) is 0 Å². The van der Waals surface area contributed by atoms with Crippen molar-refractivity contribution >= 4 is 8.24 Å². The van der Waals surface area contributed by atoms with E-state index in [4.69, 9.17) is 0 Å². The Morgan fingerprint density at radius 1 is 0.793 bits per heavy atom. The lowest BCUT2D eigenvalue weighted by Crippen LogP contribution is -2.67. The summed E-state index contributed by atoms with van der Waals surface area (Å²) in [6.07, 6.45) is 9.20. The van der Waals surface area contributed by atoms with Gasteiger partial charge < -0.3 is 4.57 Å². The standard InChI is InChI=1S/C27H53NSi/c1-18(2)24-19(3)25(29(10,11)28(26(4,5)6)27(7,8)9)23-17-21-15-13-12-14-20(21)16-22(23)24/h18-25H,12-17H2,1-11H3. The van der Waals surface area contributed by atoms with Crippen LogP contribution in [-0.2, 0) is 0 Å². The Kier molecular flexibility index (Phi) is 6.53. The summed E-state index contributed by atoms with van der Waals surface area (Å²) in [4.78, 5) is 0. The van der Waals surface area contributed by atoms with Crippen molar-refractivity contribution in [1.82, 2.24) is 4.57 Å². The zero-order chi connectivity index (χ0) is 21.9. The van der Waals surface area contributed by atoms with E-state index in [9.17, 15) is 0 Å². The largest absolute Gasteiger partial charge is 0.314 e. The van der Waals surface area contributed by atoms with Crippen molar-refractivity contribution in [3.8, 4) is 0 Å². The van der Waals surface area contributed by atoms with Crippen LogP contribution in [0, 0.1) is 41.4 Å². The summed E-state index contributed by atoms with van der Waals surface area (Å²) in [6, 6.07) is 0. The molecule has 3 saturated carbocycles. The smallest absolute Gasteiger partial charge is 0.126 e. The van der Waals surface area contributed by atoms with E-state index in [1.165, 1.54) is 25.7 Å². The van der Waals surface area contributed by atoms with Crippen LogP contribution >= 0.6 is 0 Å². The first-order valence-corrected chi connectivity index (χ1v) is 16.0. The SMILES string of the molecule is CC(C)C1C(C)C([Si](C)(C)N(C(C)(C)C)C(C)(C)C)C2CC3CCCCC3CC21. The molecule has 1 nitrogen and oxygen atoms in total. The monoisotopic (exact) mass is 419 g/mol. The van der Waals surface area contributed by atoms with E-state index in [1.54, 1.807) is 12.8 Å². The van der Waals surface area contributed by atoms with E-state index in [0.29, 0.717) is 0 Å². The van der Waals surface area contributed by atoms with Crippen molar-refractivity contribution in [1.29, 1.82) is 0 Å². The molecule has 0 bridgehead atoms. The fraction of sp³-hybridized carbons (Fsp3) is 1.00. The van der Waals surface area contributed by atoms with Gasteiger partial charge in [-0.15, -0.1) is 0 Å². The Morgan fingerprint density at radius 3 is 1.66 bits per heavy atom. The van der Waals surface area contributed by atoms with Gasteiger partial charge >= 0.3 is 0 Å². The highest BCUT2D eigenvalue weighted by atomic mass is 28.3. The molecule has 3 rings (SSSR count). The summed E-state index contributed by atoms with van der Waals surface area (Å²) in [6.45, 7) is 28.1. The Balaban J connectivity index is 2.02. The van der Waals surface area contributed by atoms with E-state index in [0.717, 1.165) is 47.0 Å². The molecule has 2 heteroatoms. The Bertz CT molecular complexity index is 552. The first-order valence-electron chi connectivity index (χ1n) is 13.0. The minimum Gasteiger partial charge on any atom is -0.314 e. The lowest BCUT2D eigenvalue weighted by atomic mass is 9.62. The van der Waals surface area contributed by atoms with Crippen LogP contribution in [0.5, 0.6) is 0 Å². The highest BCUT2D eigenvalue weighted by Gasteiger charge is 2.60. The number of rotatable bonds is 3. The Labute approximate surface area is 184 Å². The van der Waals surface area contributed by atoms with Gasteiger partial charge in [-0.05, 0) is 101 Å². The molecule has 29 heavy (non-hydrogen) atoms. The third-order valence-corrected chi connectivity index (χ3v) is 14.5. The molecule has 7 atom stereocenters. The summed E-state index contributed by atoms with van der Waals surface area (Å²) in [5.74, 6) is 6.77. The van der Waals surface area contributed by atoms with Crippen molar-refractivity contribution in [2.75, 3.05) is 0 Å². The molecule has 170 valence electrons. The van der Waals surface area contributed by atoms with Gasteiger partial charge in [0.05, 0.1) is 0 Å². The second-order valence-corrected chi connectivity index (χ2v) is 18.6. The van der Waals surface area contributed by atoms with Gasteiger partial charge in [0.25, 0.3) is 0 Å². The van der Waals surface area contributed by atoms with Gasteiger partial charge in [-0.2, -0.15) is 0 Å². The molecule has 0 heterocycles. The highest BCUT2D eigenvalue weighted by molar-refractivity contribution is 6.76. The topological polar surface area (TPSA) is 3.24 Å². The van der Waals surface area contributed by atoms with Crippen molar-refractivity contribution in [2.24, 2.45) is 41.4 Å². The maximum atomic E-state index is 3.03. The molecule has 3 aliphatic rings. The van der Waals surface area contributed by atoms with Gasteiger partial charge in [-0.25, -0.2) is 0 Å². The average molecular weight is 420 g/mol. The van der Waals surface area contributed by atoms with Crippen molar-refractivity contribution in [3.05, 3.63) is 0 Å². The summed E-state index contributed by atoms with van der Waals surface area (Å²) >= 11 is 0. The number of nitrogens with zero attached hydrogens (tertiary/aromatic N) is 1. The summed E-state index contributed by atoms with van der Waals surface area (Å²) in [5, 5.41) is 0. The van der Waals surface area contributed by atoms with E-state index in [-0.39, 0.29) is 11.1 Å². The normalized spacial score (nSPS) is 39.0. The molecule has 0 radical (unpaired) electrons. The lowest BCUT2D eigenvalue weighted by molar-refractivity contribution is 0.0622. The quantitative estimate of drug-likeness (QED) is 0.416. The van der Waals surface area contributed by atoms with Crippen LogP contribution < -0.4 is 0 Å². The fourth-order valence-corrected chi connectivity index (χ4v) is 16.7. The predicted molar refractivity (Wildman–Crippen MR) is 132 cm³/mol. The maximum absolute atomic E-state index is 3.03. The van der Waals surface area contributed by atoms with Gasteiger partial charge in [0.1, 0.15) is 8.24 Å². The number of hydrogen-bond acceptors (Lipinski definition) is 1. The van der Waals surface area contributed by atoms with Gasteiger partial charge in [0.15, 0.2) is 0 Å². The Morgan fingerprint density at radius 2 is 1.24 bits per heavy atom. The molecule has 0 aromatic carbocycles. The molecule has 0 aromatic rings. The number of fused-ring (bicyclic) bond motifs is 2. The average Bonchev–Trinajstić information content (AvgIpc) is 2.80. The van der Waals surface area contributed by atoms with Crippen LogP contribution in [0.2, 0.25) is 18.6 Å². The van der Waals surface area contributed by atoms with Crippen molar-refractivity contribution < 1.29 is 0 Å². The van der Waals surface area contributed by atoms with Crippen LogP contribution in [0.15, 0.2) is 0 Å². The predicted octanol–water partition coefficient (Wildman–Crippen LogP) is 8.22. The molecule has 0 N–H and O–H groups in total. The first kappa shape index (κ1) is 23.8. The molecule has 3 fully saturated rings. The van der Waals surface area contributed by atoms with E-state index in [1.807, 2.05) is 0 Å². The zero-order valence-electron chi connectivity index (χ0n) is 21.8. The second-order valence-electron chi connectivity index (χ2n) is 14.1. The molecule has 0 aromatic heterocycles. The molecular formula is C27H53NSi. The maximum Gasteiger partial charge on any atom is 0.126 e. The van der Waals surface area contributed by atoms with Gasteiger partial charge in [0.2, 0.25) is 0 Å². The summed E-state index contributed by atoms with van der Waals surface area (Å²) in [7, 11) is -1.65. The molecule has 0 aliphatic heterocycles. The summed E-state index contributed by atoms with van der Waals surface area (Å²) < 4.78 is 3.03. The number of hydrogen-bond donors (Lipinski definition) is 0. The molecule has 3 aliphatic carbocycles.